The summed E-state index contributed by atoms with van der Waals surface area (Å²) >= 11 is 4.97. The number of piperidine rings is 1. The van der Waals surface area contributed by atoms with Gasteiger partial charge in [-0.3, -0.25) is 14.5 Å². The van der Waals surface area contributed by atoms with Gasteiger partial charge < -0.3 is 19.9 Å². The highest BCUT2D eigenvalue weighted by Crippen LogP contribution is 2.31. The van der Waals surface area contributed by atoms with Crippen molar-refractivity contribution in [2.24, 2.45) is 0 Å². The van der Waals surface area contributed by atoms with Crippen molar-refractivity contribution in [2.45, 2.75) is 31.8 Å². The van der Waals surface area contributed by atoms with Crippen LogP contribution >= 0.6 is 11.6 Å². The number of carbonyl (C=O) groups is 2. The third kappa shape index (κ3) is 7.57. The fourth-order valence-corrected chi connectivity index (χ4v) is 4.93. The van der Waals surface area contributed by atoms with Crippen molar-refractivity contribution in [1.82, 2.24) is 19.8 Å². The van der Waals surface area contributed by atoms with E-state index in [0.717, 1.165) is 31.5 Å². The zero-order valence-corrected chi connectivity index (χ0v) is 20.3. The molecule has 2 atom stereocenters. The molecule has 1 saturated heterocycles. The average Bonchev–Trinajstić information content (AvgIpc) is 2.79. The Morgan fingerprint density at radius 1 is 1.38 bits per heavy atom. The van der Waals surface area contributed by atoms with Gasteiger partial charge in [0.05, 0.1) is 31.3 Å². The highest BCUT2D eigenvalue weighted by molar-refractivity contribution is 7.88. The number of rotatable bonds is 10. The topological polar surface area (TPSA) is 97.0 Å². The lowest BCUT2D eigenvalue weighted by Gasteiger charge is -2.39. The highest BCUT2D eigenvalue weighted by atomic mass is 35.5. The second-order valence-corrected chi connectivity index (χ2v) is 9.32. The smallest absolute Gasteiger partial charge is 0.240 e. The molecule has 0 saturated carbocycles. The summed E-state index contributed by atoms with van der Waals surface area (Å²) in [6, 6.07) is 6.00. The van der Waals surface area contributed by atoms with E-state index in [-0.39, 0.29) is 43.5 Å². The van der Waals surface area contributed by atoms with Gasteiger partial charge in [-0.2, -0.15) is 0 Å². The number of nitrogens with zero attached hydrogens (tertiary/aromatic N) is 2. The van der Waals surface area contributed by atoms with Crippen LogP contribution in [0, 0.1) is 12.3 Å². The predicted molar refractivity (Wildman–Crippen MR) is 127 cm³/mol. The van der Waals surface area contributed by atoms with Crippen LogP contribution in [0.5, 0.6) is 5.75 Å². The molecule has 2 N–H and O–H groups in total. The minimum atomic E-state index is -1.31. The number of carbonyl (C=O) groups excluding carboxylic acids is 2. The molecule has 176 valence electrons. The summed E-state index contributed by atoms with van der Waals surface area (Å²) in [6.07, 6.45) is 8.22. The monoisotopic (exact) mass is 482 g/mol. The Kier molecular flexibility index (Phi) is 10.6. The fourth-order valence-electron chi connectivity index (χ4n) is 3.73. The van der Waals surface area contributed by atoms with Crippen molar-refractivity contribution < 1.29 is 18.9 Å². The minimum Gasteiger partial charge on any atom is -0.598 e. The first-order chi connectivity index (χ1) is 15.3. The molecule has 0 aromatic heterocycles. The number of amides is 2. The summed E-state index contributed by atoms with van der Waals surface area (Å²) in [5, 5.41) is 5.61. The van der Waals surface area contributed by atoms with Crippen molar-refractivity contribution in [1.29, 1.82) is 0 Å². The number of ether oxygens (including phenoxy) is 1. The molecule has 32 heavy (non-hydrogen) atoms. The Labute approximate surface area is 198 Å². The molecule has 1 aromatic rings. The predicted octanol–water partition coefficient (Wildman–Crippen LogP) is 1.34. The van der Waals surface area contributed by atoms with E-state index in [0.29, 0.717) is 10.8 Å². The second kappa shape index (κ2) is 12.9. The van der Waals surface area contributed by atoms with E-state index in [1.807, 2.05) is 18.2 Å². The molecule has 1 fully saturated rings. The van der Waals surface area contributed by atoms with Crippen molar-refractivity contribution in [3.63, 3.8) is 0 Å². The first-order valence-corrected chi connectivity index (χ1v) is 12.3. The zero-order chi connectivity index (χ0) is 23.7. The number of nitrogens with one attached hydrogen (secondary N) is 2. The van der Waals surface area contributed by atoms with Gasteiger partial charge in [-0.25, -0.2) is 0 Å². The van der Waals surface area contributed by atoms with Crippen LogP contribution in [0.15, 0.2) is 18.2 Å². The molecular formula is C22H31ClN4O4S. The highest BCUT2D eigenvalue weighted by Gasteiger charge is 2.33. The molecule has 2 rings (SSSR count). The standard InChI is InChI=1S/C22H31ClN4O4S/c1-5-10-24-21(28)14-25-22(29)15-27(32(4)30)18-8-11-26(12-9-18)16(2)17-6-7-20(31-3)19(23)13-17/h1,6-7,13,16,18H,8-12,14-15H2,2-4H3,(H,24,28)(H,25,29). The van der Waals surface area contributed by atoms with Crippen LogP contribution < -0.4 is 15.4 Å². The molecule has 2 unspecified atom stereocenters. The summed E-state index contributed by atoms with van der Waals surface area (Å²) in [7, 11) is 1.59. The molecule has 0 radical (unpaired) electrons. The Morgan fingerprint density at radius 3 is 2.62 bits per heavy atom. The van der Waals surface area contributed by atoms with Crippen LogP contribution in [-0.2, 0) is 21.0 Å². The summed E-state index contributed by atoms with van der Waals surface area (Å²) in [5.41, 5.74) is 1.10. The number of hydrogen-bond acceptors (Lipinski definition) is 6. The van der Waals surface area contributed by atoms with E-state index in [9.17, 15) is 14.1 Å². The third-order valence-corrected chi connectivity index (χ3v) is 6.96. The van der Waals surface area contributed by atoms with Gasteiger partial charge in [0.15, 0.2) is 0 Å². The number of likely N-dealkylation sites (tertiary alicyclic amines) is 1. The molecule has 1 aromatic carbocycles. The first kappa shape index (κ1) is 26.3. The molecular weight excluding hydrogens is 452 g/mol. The van der Waals surface area contributed by atoms with Gasteiger partial charge in [0, 0.05) is 30.5 Å². The normalized spacial score (nSPS) is 16.8. The lowest BCUT2D eigenvalue weighted by molar-refractivity contribution is -0.126. The second-order valence-electron chi connectivity index (χ2n) is 7.59. The Morgan fingerprint density at radius 2 is 2.06 bits per heavy atom. The van der Waals surface area contributed by atoms with Crippen molar-refractivity contribution in [2.75, 3.05) is 46.1 Å². The lowest BCUT2D eigenvalue weighted by Crippen LogP contribution is -2.51. The molecule has 2 amide bonds. The molecule has 1 heterocycles. The van der Waals surface area contributed by atoms with Crippen molar-refractivity contribution in [3.05, 3.63) is 28.8 Å². The van der Waals surface area contributed by atoms with Crippen LogP contribution in [-0.4, -0.2) is 77.7 Å². The Bertz CT molecular complexity index is 825. The quantitative estimate of drug-likeness (QED) is 0.386. The summed E-state index contributed by atoms with van der Waals surface area (Å²) in [6.45, 7) is 3.66. The third-order valence-electron chi connectivity index (χ3n) is 5.58. The van der Waals surface area contributed by atoms with E-state index >= 15 is 0 Å². The van der Waals surface area contributed by atoms with Gasteiger partial charge in [-0.05, 0) is 37.5 Å². The fraction of sp³-hybridized carbons (Fsp3) is 0.545. The lowest BCUT2D eigenvalue weighted by atomic mass is 10.00. The van der Waals surface area contributed by atoms with Gasteiger partial charge in [0.2, 0.25) is 11.8 Å². The maximum atomic E-state index is 12.3. The van der Waals surface area contributed by atoms with E-state index in [1.165, 1.54) is 0 Å². The van der Waals surface area contributed by atoms with Crippen LogP contribution in [0.3, 0.4) is 0 Å². The van der Waals surface area contributed by atoms with Crippen molar-refractivity contribution >= 4 is 34.8 Å². The summed E-state index contributed by atoms with van der Waals surface area (Å²) in [5.74, 6) is 2.24. The van der Waals surface area contributed by atoms with E-state index in [4.69, 9.17) is 22.8 Å². The Hall–Kier alpha value is -1.96. The number of methoxy groups -OCH3 is 1. The first-order valence-electron chi connectivity index (χ1n) is 10.4. The van der Waals surface area contributed by atoms with Gasteiger partial charge in [0.1, 0.15) is 18.6 Å². The SMILES string of the molecule is C#CCNC(=O)CNC(=O)CN(C1CCN(C(C)c2ccc(OC)c(Cl)c2)CC1)[S+](C)[O-]. The maximum absolute atomic E-state index is 12.3. The average molecular weight is 483 g/mol. The van der Waals surface area contributed by atoms with Crippen LogP contribution in [0.1, 0.15) is 31.4 Å². The molecule has 1 aliphatic heterocycles. The number of halogens is 1. The van der Waals surface area contributed by atoms with E-state index < -0.39 is 11.4 Å². The summed E-state index contributed by atoms with van der Waals surface area (Å²) < 4.78 is 19.2. The van der Waals surface area contributed by atoms with Crippen LogP contribution in [0.25, 0.3) is 0 Å². The zero-order valence-electron chi connectivity index (χ0n) is 18.7. The van der Waals surface area contributed by atoms with Crippen LogP contribution in [0.2, 0.25) is 5.02 Å². The van der Waals surface area contributed by atoms with Crippen molar-refractivity contribution in [3.8, 4) is 18.1 Å². The maximum Gasteiger partial charge on any atom is 0.240 e. The molecule has 0 bridgehead atoms. The minimum absolute atomic E-state index is 0.0183. The van der Waals surface area contributed by atoms with Gasteiger partial charge in [-0.15, -0.1) is 10.7 Å². The van der Waals surface area contributed by atoms with Crippen LogP contribution in [0.4, 0.5) is 0 Å². The van der Waals surface area contributed by atoms with Gasteiger partial charge >= 0.3 is 0 Å². The largest absolute Gasteiger partial charge is 0.598 e. The van der Waals surface area contributed by atoms with Gasteiger partial charge in [0.25, 0.3) is 0 Å². The van der Waals surface area contributed by atoms with E-state index in [2.05, 4.69) is 28.4 Å². The Balaban J connectivity index is 1.88. The van der Waals surface area contributed by atoms with E-state index in [1.54, 1.807) is 17.7 Å². The van der Waals surface area contributed by atoms with Gasteiger partial charge in [-0.1, -0.05) is 23.6 Å². The molecule has 8 nitrogen and oxygen atoms in total. The molecule has 10 heteroatoms. The molecule has 0 spiro atoms. The number of benzene rings is 1. The number of hydrogen-bond donors (Lipinski definition) is 2. The summed E-state index contributed by atoms with van der Waals surface area (Å²) in [4.78, 5) is 26.2. The molecule has 1 aliphatic rings. The molecule has 0 aliphatic carbocycles. The number of terminal acetylenes is 1.